The Morgan fingerprint density at radius 2 is 1.93 bits per heavy atom. The Morgan fingerprint density at radius 1 is 1.20 bits per heavy atom. The Hall–Kier alpha value is -1.97. The molecule has 1 aromatic rings. The Morgan fingerprint density at radius 3 is 2.63 bits per heavy atom. The highest BCUT2D eigenvalue weighted by molar-refractivity contribution is 7.17. The van der Waals surface area contributed by atoms with E-state index in [2.05, 4.69) is 0 Å². The van der Waals surface area contributed by atoms with Gasteiger partial charge in [0.05, 0.1) is 31.4 Å². The number of fused-ring (bicyclic) bond motifs is 3. The fourth-order valence-electron chi connectivity index (χ4n) is 4.64. The Balaban J connectivity index is 1.60. The zero-order valence-corrected chi connectivity index (χ0v) is 18.4. The van der Waals surface area contributed by atoms with Crippen molar-refractivity contribution in [2.24, 2.45) is 5.92 Å². The molecule has 1 fully saturated rings. The molecule has 3 amide bonds. The smallest absolute Gasteiger partial charge is 0.257 e. The van der Waals surface area contributed by atoms with Crippen LogP contribution in [0.5, 0.6) is 0 Å². The van der Waals surface area contributed by atoms with Gasteiger partial charge in [-0.25, -0.2) is 0 Å². The summed E-state index contributed by atoms with van der Waals surface area (Å²) in [6.07, 6.45) is 3.16. The highest BCUT2D eigenvalue weighted by Gasteiger charge is 2.38. The van der Waals surface area contributed by atoms with Crippen molar-refractivity contribution in [1.29, 1.82) is 0 Å². The molecule has 1 saturated carbocycles. The van der Waals surface area contributed by atoms with Crippen molar-refractivity contribution in [1.82, 2.24) is 9.80 Å². The third-order valence-corrected chi connectivity index (χ3v) is 7.63. The van der Waals surface area contributed by atoms with E-state index < -0.39 is 0 Å². The third kappa shape index (κ3) is 3.86. The van der Waals surface area contributed by atoms with Crippen molar-refractivity contribution in [2.75, 3.05) is 45.3 Å². The first-order valence-corrected chi connectivity index (χ1v) is 11.4. The molecule has 0 saturated heterocycles. The summed E-state index contributed by atoms with van der Waals surface area (Å²) in [5.41, 5.74) is 1.60. The average Bonchev–Trinajstić information content (AvgIpc) is 3.07. The van der Waals surface area contributed by atoms with Crippen molar-refractivity contribution in [3.63, 3.8) is 0 Å². The van der Waals surface area contributed by atoms with Gasteiger partial charge in [-0.1, -0.05) is 0 Å². The molecule has 9 heteroatoms. The molecular formula is C21H29N3O5S. The third-order valence-electron chi connectivity index (χ3n) is 6.39. The van der Waals surface area contributed by atoms with Gasteiger partial charge in [-0.05, 0) is 37.7 Å². The second-order valence-corrected chi connectivity index (χ2v) is 9.48. The van der Waals surface area contributed by atoms with E-state index in [9.17, 15) is 19.5 Å². The summed E-state index contributed by atoms with van der Waals surface area (Å²) in [5.74, 6) is -0.127. The first-order chi connectivity index (χ1) is 14.4. The molecule has 164 valence electrons. The van der Waals surface area contributed by atoms with Gasteiger partial charge >= 0.3 is 0 Å². The molecule has 0 atom stereocenters. The normalized spacial score (nSPS) is 24.6. The van der Waals surface area contributed by atoms with Gasteiger partial charge in [-0.15, -0.1) is 11.3 Å². The minimum Gasteiger partial charge on any atom is -0.393 e. The van der Waals surface area contributed by atoms with Crippen LogP contribution in [0.25, 0.3) is 0 Å². The van der Waals surface area contributed by atoms with Gasteiger partial charge in [0.2, 0.25) is 11.8 Å². The molecule has 3 heterocycles. The number of amides is 3. The van der Waals surface area contributed by atoms with E-state index in [1.54, 1.807) is 19.1 Å². The number of hydrogen-bond donors (Lipinski definition) is 1. The number of thiophene rings is 1. The zero-order valence-electron chi connectivity index (χ0n) is 17.6. The quantitative estimate of drug-likeness (QED) is 0.769. The highest BCUT2D eigenvalue weighted by atomic mass is 32.1. The molecule has 0 bridgehead atoms. The fraction of sp³-hybridized carbons (Fsp3) is 0.667. The van der Waals surface area contributed by atoms with Gasteiger partial charge in [0.15, 0.2) is 0 Å². The van der Waals surface area contributed by atoms with Gasteiger partial charge in [0.1, 0.15) is 11.5 Å². The maximum absolute atomic E-state index is 13.0. The number of likely N-dealkylation sites (N-methyl/N-ethyl adjacent to an activating group) is 1. The summed E-state index contributed by atoms with van der Waals surface area (Å²) < 4.78 is 5.17. The lowest BCUT2D eigenvalue weighted by atomic mass is 9.86. The number of hydrogen-bond acceptors (Lipinski definition) is 6. The van der Waals surface area contributed by atoms with Crippen LogP contribution >= 0.6 is 11.3 Å². The predicted molar refractivity (Wildman–Crippen MR) is 113 cm³/mol. The molecule has 1 N–H and O–H groups in total. The number of aliphatic hydroxyl groups is 1. The minimum atomic E-state index is -0.284. The van der Waals surface area contributed by atoms with Crippen LogP contribution in [-0.2, 0) is 27.3 Å². The number of ether oxygens (including phenoxy) is 1. The van der Waals surface area contributed by atoms with E-state index >= 15 is 0 Å². The zero-order chi connectivity index (χ0) is 21.4. The molecule has 30 heavy (non-hydrogen) atoms. The van der Waals surface area contributed by atoms with Crippen molar-refractivity contribution in [3.8, 4) is 0 Å². The highest BCUT2D eigenvalue weighted by Crippen LogP contribution is 2.41. The Bertz CT molecular complexity index is 846. The maximum atomic E-state index is 13.0. The van der Waals surface area contributed by atoms with Gasteiger partial charge in [-0.3, -0.25) is 19.3 Å². The lowest BCUT2D eigenvalue weighted by molar-refractivity contribution is -0.138. The first-order valence-electron chi connectivity index (χ1n) is 10.6. The molecule has 8 nitrogen and oxygen atoms in total. The van der Waals surface area contributed by atoms with Gasteiger partial charge in [0, 0.05) is 31.5 Å². The Kier molecular flexibility index (Phi) is 6.13. The lowest BCUT2D eigenvalue weighted by Crippen LogP contribution is -2.41. The molecule has 0 aromatic carbocycles. The van der Waals surface area contributed by atoms with Crippen molar-refractivity contribution in [3.05, 3.63) is 16.0 Å². The van der Waals surface area contributed by atoms with Crippen LogP contribution in [0.4, 0.5) is 5.00 Å². The van der Waals surface area contributed by atoms with Crippen LogP contribution < -0.4 is 4.90 Å². The number of rotatable bonds is 4. The Labute approximate surface area is 180 Å². The lowest BCUT2D eigenvalue weighted by Gasteiger charge is -2.33. The minimum absolute atomic E-state index is 0.0275. The average molecular weight is 436 g/mol. The molecule has 0 radical (unpaired) electrons. The van der Waals surface area contributed by atoms with Crippen molar-refractivity contribution < 1.29 is 24.2 Å². The molecule has 4 rings (SSSR count). The number of nitrogens with zero attached hydrogens (tertiary/aromatic N) is 3. The van der Waals surface area contributed by atoms with Gasteiger partial charge in [0.25, 0.3) is 5.91 Å². The van der Waals surface area contributed by atoms with Crippen LogP contribution in [-0.4, -0.2) is 79.1 Å². The first kappa shape index (κ1) is 21.3. The molecule has 2 aliphatic heterocycles. The summed E-state index contributed by atoms with van der Waals surface area (Å²) >= 11 is 1.46. The summed E-state index contributed by atoms with van der Waals surface area (Å²) in [6, 6.07) is 0. The second kappa shape index (κ2) is 8.64. The van der Waals surface area contributed by atoms with E-state index in [1.165, 1.54) is 16.2 Å². The van der Waals surface area contributed by atoms with E-state index in [4.69, 9.17) is 4.74 Å². The summed E-state index contributed by atoms with van der Waals surface area (Å²) in [4.78, 5) is 44.9. The SMILES string of the molecule is COCCN1C(=O)CN(C)C(=O)c2c1sc1c2CCN(C(=O)C2CCC(O)CC2)C1. The molecule has 3 aliphatic rings. The fourth-order valence-corrected chi connectivity index (χ4v) is 6.04. The van der Waals surface area contributed by atoms with E-state index in [1.807, 2.05) is 4.90 Å². The molecule has 1 aromatic heterocycles. The monoisotopic (exact) mass is 435 g/mol. The van der Waals surface area contributed by atoms with Gasteiger partial charge < -0.3 is 19.6 Å². The van der Waals surface area contributed by atoms with Crippen molar-refractivity contribution >= 4 is 34.1 Å². The molecule has 0 unspecified atom stereocenters. The molecule has 0 spiro atoms. The summed E-state index contributed by atoms with van der Waals surface area (Å²) in [7, 11) is 3.25. The summed E-state index contributed by atoms with van der Waals surface area (Å²) in [6.45, 7) is 1.90. The second-order valence-electron chi connectivity index (χ2n) is 8.40. The predicted octanol–water partition coefficient (Wildman–Crippen LogP) is 1.25. The number of aliphatic hydroxyl groups excluding tert-OH is 1. The van der Waals surface area contributed by atoms with Crippen molar-refractivity contribution in [2.45, 2.75) is 44.8 Å². The van der Waals surface area contributed by atoms with Crippen LogP contribution in [0.3, 0.4) is 0 Å². The number of anilines is 1. The van der Waals surface area contributed by atoms with E-state index in [0.29, 0.717) is 56.1 Å². The maximum Gasteiger partial charge on any atom is 0.257 e. The van der Waals surface area contributed by atoms with Crippen LogP contribution in [0, 0.1) is 5.92 Å². The number of methoxy groups -OCH3 is 1. The van der Waals surface area contributed by atoms with Crippen LogP contribution in [0.15, 0.2) is 0 Å². The topological polar surface area (TPSA) is 90.4 Å². The molecular weight excluding hydrogens is 406 g/mol. The van der Waals surface area contributed by atoms with E-state index in [-0.39, 0.29) is 36.3 Å². The van der Waals surface area contributed by atoms with E-state index in [0.717, 1.165) is 23.3 Å². The molecule has 1 aliphatic carbocycles. The van der Waals surface area contributed by atoms with Gasteiger partial charge in [-0.2, -0.15) is 0 Å². The van der Waals surface area contributed by atoms with Crippen LogP contribution in [0.2, 0.25) is 0 Å². The standard InChI is InChI=1S/C21H29N3O5S/c1-22-12-17(26)24(9-10-29-2)21-18(20(22)28)15-7-8-23(11-16(15)30-21)19(27)13-3-5-14(25)6-4-13/h13-14,25H,3-12H2,1-2H3. The largest absolute Gasteiger partial charge is 0.393 e. The number of carbonyl (C=O) groups is 3. The van der Waals surface area contributed by atoms with Crippen LogP contribution in [0.1, 0.15) is 46.5 Å². The number of carbonyl (C=O) groups excluding carboxylic acids is 3. The summed E-state index contributed by atoms with van der Waals surface area (Å²) in [5, 5.41) is 10.4.